The predicted molar refractivity (Wildman–Crippen MR) is 103 cm³/mol. The van der Waals surface area contributed by atoms with Crippen molar-refractivity contribution in [2.24, 2.45) is 0 Å². The van der Waals surface area contributed by atoms with Crippen molar-refractivity contribution in [3.8, 4) is 11.5 Å². The first kappa shape index (κ1) is 18.9. The van der Waals surface area contributed by atoms with E-state index in [1.807, 2.05) is 13.0 Å². The molecule has 0 bridgehead atoms. The van der Waals surface area contributed by atoms with Crippen LogP contribution in [0, 0.1) is 6.92 Å². The Balaban J connectivity index is 1.76. The van der Waals surface area contributed by atoms with Crippen molar-refractivity contribution in [1.29, 1.82) is 0 Å². The number of aryl methyl sites for hydroxylation is 1. The van der Waals surface area contributed by atoms with Gasteiger partial charge in [0.05, 0.1) is 6.54 Å². The zero-order valence-corrected chi connectivity index (χ0v) is 16.1. The minimum absolute atomic E-state index is 0.107. The second kappa shape index (κ2) is 8.23. The molecule has 5 nitrogen and oxygen atoms in total. The Kier molecular flexibility index (Phi) is 5.99. The average molecular weight is 358 g/mol. The fourth-order valence-corrected chi connectivity index (χ4v) is 3.89. The molecular weight excluding hydrogens is 328 g/mol. The molecule has 0 aromatic heterocycles. The van der Waals surface area contributed by atoms with Crippen LogP contribution in [0.4, 0.5) is 0 Å². The lowest BCUT2D eigenvalue weighted by molar-refractivity contribution is -0.136. The molecule has 1 saturated heterocycles. The quantitative estimate of drug-likeness (QED) is 0.509. The Hall–Kier alpha value is -1.85. The summed E-state index contributed by atoms with van der Waals surface area (Å²) in [5, 5.41) is 10.5. The molecule has 1 N–H and O–H groups in total. The number of benzene rings is 1. The molecule has 3 rings (SSSR count). The lowest BCUT2D eigenvalue weighted by atomic mass is 9.85. The number of phenols is 1. The van der Waals surface area contributed by atoms with Gasteiger partial charge < -0.3 is 14.7 Å². The number of nitrogens with zero attached hydrogens (tertiary/aromatic N) is 2. The molecule has 5 heteroatoms. The molecular formula is C21H30N2O3. The first-order valence-electron chi connectivity index (χ1n) is 9.55. The summed E-state index contributed by atoms with van der Waals surface area (Å²) in [6, 6.07) is 3.62. The number of rotatable bonds is 4. The predicted octanol–water partition coefficient (Wildman–Crippen LogP) is 3.07. The van der Waals surface area contributed by atoms with Gasteiger partial charge in [0.1, 0.15) is 11.5 Å². The maximum Gasteiger partial charge on any atom is 0.325 e. The van der Waals surface area contributed by atoms with Crippen LogP contribution in [0.15, 0.2) is 23.8 Å². The summed E-state index contributed by atoms with van der Waals surface area (Å²) in [4.78, 5) is 16.9. The minimum atomic E-state index is -0.252. The van der Waals surface area contributed by atoms with Crippen molar-refractivity contribution in [3.63, 3.8) is 0 Å². The van der Waals surface area contributed by atoms with Crippen LogP contribution in [0.1, 0.15) is 43.2 Å². The van der Waals surface area contributed by atoms with E-state index in [-0.39, 0.29) is 17.6 Å². The molecule has 1 unspecified atom stereocenters. The number of esters is 1. The number of allylic oxidation sites excluding steroid dienone is 2. The van der Waals surface area contributed by atoms with Gasteiger partial charge in [-0.05, 0) is 57.9 Å². The molecule has 1 aromatic carbocycles. The van der Waals surface area contributed by atoms with Gasteiger partial charge in [-0.1, -0.05) is 11.6 Å². The van der Waals surface area contributed by atoms with Crippen LogP contribution in [0.25, 0.3) is 0 Å². The molecule has 1 aliphatic heterocycles. The summed E-state index contributed by atoms with van der Waals surface area (Å²) < 4.78 is 5.74. The monoisotopic (exact) mass is 358 g/mol. The second-order valence-electron chi connectivity index (χ2n) is 7.76. The first-order chi connectivity index (χ1) is 12.4. The first-order valence-corrected chi connectivity index (χ1v) is 9.55. The van der Waals surface area contributed by atoms with E-state index in [2.05, 4.69) is 29.8 Å². The number of hydrogen-bond acceptors (Lipinski definition) is 5. The summed E-state index contributed by atoms with van der Waals surface area (Å²) in [6.07, 6.45) is 5.36. The van der Waals surface area contributed by atoms with E-state index < -0.39 is 0 Å². The summed E-state index contributed by atoms with van der Waals surface area (Å²) in [5.41, 5.74) is 2.97. The third kappa shape index (κ3) is 4.65. The maximum atomic E-state index is 12.5. The Morgan fingerprint density at radius 1 is 1.23 bits per heavy atom. The fraction of sp³-hybridized carbons (Fsp3) is 0.571. The highest BCUT2D eigenvalue weighted by atomic mass is 16.5. The van der Waals surface area contributed by atoms with Gasteiger partial charge in [0.25, 0.3) is 0 Å². The zero-order chi connectivity index (χ0) is 18.7. The van der Waals surface area contributed by atoms with E-state index in [4.69, 9.17) is 4.74 Å². The second-order valence-corrected chi connectivity index (χ2v) is 7.76. The number of piperazine rings is 1. The number of hydrogen-bond donors (Lipinski definition) is 1. The van der Waals surface area contributed by atoms with Crippen molar-refractivity contribution < 1.29 is 14.6 Å². The highest BCUT2D eigenvalue weighted by Gasteiger charge is 2.24. The van der Waals surface area contributed by atoms with Crippen molar-refractivity contribution in [2.45, 2.75) is 39.0 Å². The number of carbonyl (C=O) groups is 1. The van der Waals surface area contributed by atoms with E-state index in [1.54, 1.807) is 6.07 Å². The van der Waals surface area contributed by atoms with Gasteiger partial charge in [0, 0.05) is 37.7 Å². The topological polar surface area (TPSA) is 53.0 Å². The van der Waals surface area contributed by atoms with Crippen molar-refractivity contribution in [2.75, 3.05) is 39.8 Å². The normalized spacial score (nSPS) is 22.1. The lowest BCUT2D eigenvalue weighted by Crippen LogP contribution is -2.46. The van der Waals surface area contributed by atoms with E-state index in [9.17, 15) is 9.90 Å². The van der Waals surface area contributed by atoms with Crippen LogP contribution in [0.3, 0.4) is 0 Å². The van der Waals surface area contributed by atoms with Gasteiger partial charge in [-0.2, -0.15) is 0 Å². The fourth-order valence-electron chi connectivity index (χ4n) is 3.89. The minimum Gasteiger partial charge on any atom is -0.507 e. The molecule has 1 aliphatic carbocycles. The van der Waals surface area contributed by atoms with E-state index >= 15 is 0 Å². The molecule has 0 spiro atoms. The van der Waals surface area contributed by atoms with Crippen molar-refractivity contribution in [1.82, 2.24) is 9.80 Å². The van der Waals surface area contributed by atoms with Crippen LogP contribution in [-0.4, -0.2) is 60.6 Å². The number of aromatic hydroxyl groups is 1. The van der Waals surface area contributed by atoms with Crippen LogP contribution in [0.5, 0.6) is 11.5 Å². The lowest BCUT2D eigenvalue weighted by Gasteiger charge is -2.31. The largest absolute Gasteiger partial charge is 0.507 e. The molecule has 1 fully saturated rings. The Morgan fingerprint density at radius 3 is 2.65 bits per heavy atom. The maximum absolute atomic E-state index is 12.5. The number of likely N-dealkylation sites (N-methyl/N-ethyl adjacent to an activating group) is 1. The zero-order valence-electron chi connectivity index (χ0n) is 16.1. The molecule has 0 amide bonds. The van der Waals surface area contributed by atoms with Gasteiger partial charge >= 0.3 is 5.97 Å². The summed E-state index contributed by atoms with van der Waals surface area (Å²) in [7, 11) is 2.09. The molecule has 1 heterocycles. The van der Waals surface area contributed by atoms with Gasteiger partial charge in [-0.25, -0.2) is 0 Å². The molecule has 2 aliphatic rings. The van der Waals surface area contributed by atoms with Gasteiger partial charge in [0.15, 0.2) is 0 Å². The molecule has 1 atom stereocenters. The highest BCUT2D eigenvalue weighted by molar-refractivity contribution is 5.75. The highest BCUT2D eigenvalue weighted by Crippen LogP contribution is 2.41. The van der Waals surface area contributed by atoms with Gasteiger partial charge in [0.2, 0.25) is 0 Å². The van der Waals surface area contributed by atoms with Crippen molar-refractivity contribution in [3.05, 3.63) is 34.9 Å². The summed E-state index contributed by atoms with van der Waals surface area (Å²) in [5.74, 6) is 0.592. The van der Waals surface area contributed by atoms with Gasteiger partial charge in [-0.3, -0.25) is 9.69 Å². The van der Waals surface area contributed by atoms with E-state index in [0.717, 1.165) is 56.6 Å². The van der Waals surface area contributed by atoms with Gasteiger partial charge in [-0.15, -0.1) is 0 Å². The van der Waals surface area contributed by atoms with Crippen LogP contribution in [0.2, 0.25) is 0 Å². The molecule has 0 saturated carbocycles. The van der Waals surface area contributed by atoms with Crippen LogP contribution in [-0.2, 0) is 4.79 Å². The summed E-state index contributed by atoms with van der Waals surface area (Å²) >= 11 is 0. The molecule has 142 valence electrons. The SMILES string of the molecule is CC1=CC(c2c(O)cc(C)cc2OC(=O)CN2CCN(C)CC2)CCC1. The standard InChI is InChI=1S/C21H30N2O3/c1-15-5-4-6-17(11-15)21-18(24)12-16(2)13-19(21)26-20(25)14-23-9-7-22(3)8-10-23/h11-13,17,24H,4-10,14H2,1-3H3. The third-order valence-corrected chi connectivity index (χ3v) is 5.38. The van der Waals surface area contributed by atoms with E-state index in [0.29, 0.717) is 12.3 Å². The number of carbonyl (C=O) groups excluding carboxylic acids is 1. The molecule has 0 radical (unpaired) electrons. The summed E-state index contributed by atoms with van der Waals surface area (Å²) in [6.45, 7) is 8.01. The Labute approximate surface area is 156 Å². The van der Waals surface area contributed by atoms with Crippen LogP contribution >= 0.6 is 0 Å². The van der Waals surface area contributed by atoms with E-state index in [1.165, 1.54) is 5.57 Å². The smallest absolute Gasteiger partial charge is 0.325 e. The van der Waals surface area contributed by atoms with Crippen molar-refractivity contribution >= 4 is 5.97 Å². The number of phenolic OH excluding ortho intramolecular Hbond substituents is 1. The third-order valence-electron chi connectivity index (χ3n) is 5.38. The van der Waals surface area contributed by atoms with Crippen LogP contribution < -0.4 is 4.74 Å². The molecule has 26 heavy (non-hydrogen) atoms. The average Bonchev–Trinajstić information content (AvgIpc) is 2.56. The Bertz CT molecular complexity index is 691. The Morgan fingerprint density at radius 2 is 1.96 bits per heavy atom. The molecule has 1 aromatic rings. The number of ether oxygens (including phenoxy) is 1.